The topological polar surface area (TPSA) is 69.6 Å². The Morgan fingerprint density at radius 3 is 2.42 bits per heavy atom. The Labute approximate surface area is 114 Å². The first-order valence-electron chi connectivity index (χ1n) is 7.17. The smallest absolute Gasteiger partial charge is 0.323 e. The van der Waals surface area contributed by atoms with Gasteiger partial charge < -0.3 is 15.3 Å². The van der Waals surface area contributed by atoms with Crippen molar-refractivity contribution in [2.75, 3.05) is 19.6 Å². The number of hydrogen-bond acceptors (Lipinski definition) is 2. The average Bonchev–Trinajstić information content (AvgIpc) is 3.19. The summed E-state index contributed by atoms with van der Waals surface area (Å²) in [5.74, 6) is 0.120. The predicted molar refractivity (Wildman–Crippen MR) is 71.8 cm³/mol. The van der Waals surface area contributed by atoms with Crippen molar-refractivity contribution in [1.29, 1.82) is 0 Å². The number of rotatable bonds is 7. The molecule has 0 bridgehead atoms. The summed E-state index contributed by atoms with van der Waals surface area (Å²) in [5, 5.41) is 11.8. The molecular formula is C14H24N2O3. The van der Waals surface area contributed by atoms with E-state index in [4.69, 9.17) is 5.11 Å². The molecule has 2 saturated carbocycles. The molecule has 2 aliphatic carbocycles. The molecule has 5 heteroatoms. The summed E-state index contributed by atoms with van der Waals surface area (Å²) in [6.07, 6.45) is 4.54. The molecule has 0 aromatic heterocycles. The minimum absolute atomic E-state index is 0.197. The summed E-state index contributed by atoms with van der Waals surface area (Å²) < 4.78 is 0. The third kappa shape index (κ3) is 3.85. The molecule has 0 aromatic rings. The number of carboxylic acid groups (broad SMARTS) is 1. The number of urea groups is 1. The van der Waals surface area contributed by atoms with Gasteiger partial charge in [-0.05, 0) is 42.9 Å². The molecule has 2 aliphatic rings. The van der Waals surface area contributed by atoms with Crippen LogP contribution >= 0.6 is 0 Å². The number of carbonyl (C=O) groups is 2. The van der Waals surface area contributed by atoms with Gasteiger partial charge in [-0.2, -0.15) is 0 Å². The van der Waals surface area contributed by atoms with Gasteiger partial charge in [0, 0.05) is 13.1 Å². The molecule has 0 radical (unpaired) electrons. The zero-order valence-electron chi connectivity index (χ0n) is 11.8. The van der Waals surface area contributed by atoms with E-state index in [-0.39, 0.29) is 18.0 Å². The lowest BCUT2D eigenvalue weighted by atomic mass is 9.92. The second-order valence-corrected chi connectivity index (χ2v) is 6.39. The first-order valence-corrected chi connectivity index (χ1v) is 7.17. The van der Waals surface area contributed by atoms with Crippen molar-refractivity contribution in [2.24, 2.45) is 17.3 Å². The average molecular weight is 268 g/mol. The molecule has 0 saturated heterocycles. The molecule has 0 atom stereocenters. The minimum Gasteiger partial charge on any atom is -0.480 e. The van der Waals surface area contributed by atoms with E-state index in [2.05, 4.69) is 19.2 Å². The molecule has 2 amide bonds. The van der Waals surface area contributed by atoms with Gasteiger partial charge in [-0.25, -0.2) is 4.79 Å². The Kier molecular flexibility index (Phi) is 4.02. The fourth-order valence-corrected chi connectivity index (χ4v) is 2.48. The summed E-state index contributed by atoms with van der Waals surface area (Å²) in [6.45, 7) is 5.41. The molecular weight excluding hydrogens is 244 g/mol. The van der Waals surface area contributed by atoms with Crippen molar-refractivity contribution in [2.45, 2.75) is 39.5 Å². The van der Waals surface area contributed by atoms with E-state index in [9.17, 15) is 9.59 Å². The van der Waals surface area contributed by atoms with Crippen LogP contribution in [0.4, 0.5) is 4.79 Å². The Bertz CT molecular complexity index is 360. The fraction of sp³-hybridized carbons (Fsp3) is 0.857. The van der Waals surface area contributed by atoms with Gasteiger partial charge in [-0.15, -0.1) is 0 Å². The van der Waals surface area contributed by atoms with Crippen molar-refractivity contribution in [3.8, 4) is 0 Å². The molecule has 0 spiro atoms. The third-order valence-corrected chi connectivity index (χ3v) is 4.50. The van der Waals surface area contributed by atoms with Gasteiger partial charge in [0.2, 0.25) is 0 Å². The highest BCUT2D eigenvalue weighted by atomic mass is 16.4. The maximum atomic E-state index is 12.1. The summed E-state index contributed by atoms with van der Waals surface area (Å²) in [6, 6.07) is -0.221. The van der Waals surface area contributed by atoms with E-state index < -0.39 is 5.97 Å². The van der Waals surface area contributed by atoms with Gasteiger partial charge in [0.1, 0.15) is 6.54 Å². The van der Waals surface area contributed by atoms with Crippen molar-refractivity contribution in [1.82, 2.24) is 10.2 Å². The Hall–Kier alpha value is -1.26. The molecule has 2 rings (SSSR count). The van der Waals surface area contributed by atoms with Gasteiger partial charge >= 0.3 is 12.0 Å². The highest BCUT2D eigenvalue weighted by Gasteiger charge is 2.45. The maximum absolute atomic E-state index is 12.1. The predicted octanol–water partition coefficient (Wildman–Crippen LogP) is 1.93. The van der Waals surface area contributed by atoms with Crippen molar-refractivity contribution >= 4 is 12.0 Å². The molecule has 108 valence electrons. The summed E-state index contributed by atoms with van der Waals surface area (Å²) >= 11 is 0. The first-order chi connectivity index (χ1) is 8.93. The van der Waals surface area contributed by atoms with Crippen LogP contribution in [0.15, 0.2) is 0 Å². The van der Waals surface area contributed by atoms with Crippen LogP contribution in [0.2, 0.25) is 0 Å². The first kappa shape index (κ1) is 14.2. The van der Waals surface area contributed by atoms with E-state index >= 15 is 0 Å². The summed E-state index contributed by atoms with van der Waals surface area (Å²) in [5.41, 5.74) is 0.254. The Balaban J connectivity index is 1.82. The van der Waals surface area contributed by atoms with Crippen molar-refractivity contribution in [3.63, 3.8) is 0 Å². The SMILES string of the molecule is CC(C)C1(CNC(=O)N(CC(=O)O)CC2CC2)CC1. The maximum Gasteiger partial charge on any atom is 0.323 e. The van der Waals surface area contributed by atoms with Gasteiger partial charge in [-0.3, -0.25) is 4.79 Å². The molecule has 5 nitrogen and oxygen atoms in total. The lowest BCUT2D eigenvalue weighted by Crippen LogP contribution is -2.46. The number of nitrogens with one attached hydrogen (secondary N) is 1. The van der Waals surface area contributed by atoms with Crippen molar-refractivity contribution < 1.29 is 14.7 Å². The lowest BCUT2D eigenvalue weighted by molar-refractivity contribution is -0.137. The van der Waals surface area contributed by atoms with Crippen LogP contribution in [0.25, 0.3) is 0 Å². The molecule has 19 heavy (non-hydrogen) atoms. The van der Waals surface area contributed by atoms with E-state index in [0.29, 0.717) is 24.9 Å². The molecule has 0 unspecified atom stereocenters. The van der Waals surface area contributed by atoms with Gasteiger partial charge in [0.05, 0.1) is 0 Å². The quantitative estimate of drug-likeness (QED) is 0.741. The normalized spacial score (nSPS) is 20.2. The number of carboxylic acids is 1. The van der Waals surface area contributed by atoms with Crippen LogP contribution in [-0.2, 0) is 4.79 Å². The molecule has 0 aliphatic heterocycles. The number of carbonyl (C=O) groups excluding carboxylic acids is 1. The molecule has 0 aromatic carbocycles. The zero-order chi connectivity index (χ0) is 14.0. The van der Waals surface area contributed by atoms with E-state index in [0.717, 1.165) is 25.7 Å². The monoisotopic (exact) mass is 268 g/mol. The highest BCUT2D eigenvalue weighted by molar-refractivity contribution is 5.80. The Morgan fingerprint density at radius 1 is 1.37 bits per heavy atom. The second kappa shape index (κ2) is 5.39. The molecule has 2 fully saturated rings. The van der Waals surface area contributed by atoms with Crippen LogP contribution in [-0.4, -0.2) is 41.6 Å². The standard InChI is InChI=1S/C14H24N2O3/c1-10(2)14(5-6-14)9-15-13(19)16(8-12(17)18)7-11-3-4-11/h10-11H,3-9H2,1-2H3,(H,15,19)(H,17,18). The third-order valence-electron chi connectivity index (χ3n) is 4.50. The van der Waals surface area contributed by atoms with Crippen LogP contribution in [0, 0.1) is 17.3 Å². The minimum atomic E-state index is -0.944. The van der Waals surface area contributed by atoms with E-state index in [1.54, 1.807) is 0 Å². The number of aliphatic carboxylic acids is 1. The Morgan fingerprint density at radius 2 is 2.00 bits per heavy atom. The van der Waals surface area contributed by atoms with Crippen LogP contribution in [0.1, 0.15) is 39.5 Å². The molecule has 2 N–H and O–H groups in total. The number of hydrogen-bond donors (Lipinski definition) is 2. The van der Waals surface area contributed by atoms with Gasteiger partial charge in [-0.1, -0.05) is 13.8 Å². The largest absolute Gasteiger partial charge is 0.480 e. The van der Waals surface area contributed by atoms with Gasteiger partial charge in [0.25, 0.3) is 0 Å². The lowest BCUT2D eigenvalue weighted by Gasteiger charge is -2.25. The summed E-state index contributed by atoms with van der Waals surface area (Å²) in [7, 11) is 0. The second-order valence-electron chi connectivity index (χ2n) is 6.39. The van der Waals surface area contributed by atoms with E-state index in [1.807, 2.05) is 0 Å². The zero-order valence-corrected chi connectivity index (χ0v) is 11.8. The molecule has 0 heterocycles. The van der Waals surface area contributed by atoms with Crippen LogP contribution in [0.3, 0.4) is 0 Å². The highest BCUT2D eigenvalue weighted by Crippen LogP contribution is 2.51. The fourth-order valence-electron chi connectivity index (χ4n) is 2.48. The van der Waals surface area contributed by atoms with E-state index in [1.165, 1.54) is 4.90 Å². The summed E-state index contributed by atoms with van der Waals surface area (Å²) in [4.78, 5) is 24.3. The van der Waals surface area contributed by atoms with Gasteiger partial charge in [0.15, 0.2) is 0 Å². The van der Waals surface area contributed by atoms with Crippen LogP contribution in [0.5, 0.6) is 0 Å². The van der Waals surface area contributed by atoms with Crippen molar-refractivity contribution in [3.05, 3.63) is 0 Å². The number of nitrogens with zero attached hydrogens (tertiary/aromatic N) is 1. The number of amides is 2. The van der Waals surface area contributed by atoms with Crippen LogP contribution < -0.4 is 5.32 Å².